The largest absolute Gasteiger partial charge is 0.490 e. The molecule has 1 aromatic carbocycles. The first-order valence-corrected chi connectivity index (χ1v) is 11.3. The summed E-state index contributed by atoms with van der Waals surface area (Å²) in [6.45, 7) is 1.47. The lowest BCUT2D eigenvalue weighted by molar-refractivity contribution is -0.131. The maximum Gasteiger partial charge on any atom is 0.222 e. The van der Waals surface area contributed by atoms with Gasteiger partial charge < -0.3 is 9.64 Å². The molecule has 162 valence electrons. The van der Waals surface area contributed by atoms with Gasteiger partial charge >= 0.3 is 0 Å². The van der Waals surface area contributed by atoms with E-state index in [1.165, 1.54) is 17.8 Å². The van der Waals surface area contributed by atoms with E-state index >= 15 is 0 Å². The zero-order valence-corrected chi connectivity index (χ0v) is 17.9. The molecule has 31 heavy (non-hydrogen) atoms. The fourth-order valence-corrected chi connectivity index (χ4v) is 4.25. The van der Waals surface area contributed by atoms with Gasteiger partial charge in [-0.25, -0.2) is 4.39 Å². The molecule has 0 atom stereocenters. The van der Waals surface area contributed by atoms with Crippen molar-refractivity contribution < 1.29 is 13.9 Å². The van der Waals surface area contributed by atoms with E-state index in [1.807, 2.05) is 21.6 Å². The van der Waals surface area contributed by atoms with Crippen LogP contribution in [0.25, 0.3) is 5.69 Å². The first-order chi connectivity index (χ1) is 15.2. The summed E-state index contributed by atoms with van der Waals surface area (Å²) in [5, 5.41) is 9.40. The molecule has 3 heterocycles. The van der Waals surface area contributed by atoms with Gasteiger partial charge in [0.05, 0.1) is 25.0 Å². The molecule has 1 aliphatic heterocycles. The van der Waals surface area contributed by atoms with Gasteiger partial charge in [-0.1, -0.05) is 30.3 Å². The number of hydrogen-bond acceptors (Lipinski definition) is 6. The Morgan fingerprint density at radius 2 is 2.00 bits per heavy atom. The minimum absolute atomic E-state index is 0.158. The van der Waals surface area contributed by atoms with Crippen molar-refractivity contribution in [1.82, 2.24) is 24.6 Å². The zero-order valence-electron chi connectivity index (χ0n) is 17.1. The second-order valence-corrected chi connectivity index (χ2v) is 8.26. The number of pyridine rings is 1. The van der Waals surface area contributed by atoms with Crippen molar-refractivity contribution in [1.29, 1.82) is 0 Å². The van der Waals surface area contributed by atoms with Crippen LogP contribution in [0, 0.1) is 5.82 Å². The summed E-state index contributed by atoms with van der Waals surface area (Å²) >= 11 is 1.47. The third kappa shape index (κ3) is 5.41. The summed E-state index contributed by atoms with van der Waals surface area (Å²) in [7, 11) is 0. The third-order valence-electron chi connectivity index (χ3n) is 5.02. The van der Waals surface area contributed by atoms with Crippen LogP contribution in [0.5, 0.6) is 5.75 Å². The third-order valence-corrected chi connectivity index (χ3v) is 5.91. The summed E-state index contributed by atoms with van der Waals surface area (Å²) in [5.41, 5.74) is 0.835. The Bertz CT molecular complexity index is 1010. The smallest absolute Gasteiger partial charge is 0.222 e. The van der Waals surface area contributed by atoms with Gasteiger partial charge in [0.25, 0.3) is 0 Å². The zero-order chi connectivity index (χ0) is 21.5. The lowest BCUT2D eigenvalue weighted by Crippen LogP contribution is -2.31. The number of carbonyl (C=O) groups excluding carboxylic acids is 1. The van der Waals surface area contributed by atoms with Crippen molar-refractivity contribution in [3.8, 4) is 11.4 Å². The minimum Gasteiger partial charge on any atom is -0.490 e. The monoisotopic (exact) mass is 441 g/mol. The van der Waals surface area contributed by atoms with E-state index in [9.17, 15) is 9.18 Å². The van der Waals surface area contributed by atoms with Crippen LogP contribution in [-0.4, -0.2) is 49.5 Å². The van der Waals surface area contributed by atoms with Crippen molar-refractivity contribution in [3.05, 3.63) is 60.4 Å². The number of amides is 1. The highest BCUT2D eigenvalue weighted by atomic mass is 32.2. The molecule has 9 heteroatoms. The number of benzene rings is 1. The predicted molar refractivity (Wildman–Crippen MR) is 116 cm³/mol. The van der Waals surface area contributed by atoms with Gasteiger partial charge in [-0.15, -0.1) is 10.2 Å². The molecule has 0 spiro atoms. The molecule has 1 saturated heterocycles. The van der Waals surface area contributed by atoms with Crippen LogP contribution < -0.4 is 4.74 Å². The van der Waals surface area contributed by atoms with Gasteiger partial charge in [0.2, 0.25) is 5.91 Å². The molecule has 0 bridgehead atoms. The summed E-state index contributed by atoms with van der Waals surface area (Å²) in [6, 6.07) is 10.1. The van der Waals surface area contributed by atoms with Gasteiger partial charge in [0.15, 0.2) is 22.5 Å². The number of rotatable bonds is 8. The van der Waals surface area contributed by atoms with Gasteiger partial charge in [-0.2, -0.15) is 0 Å². The predicted octanol–water partition coefficient (Wildman–Crippen LogP) is 3.88. The lowest BCUT2D eigenvalue weighted by Gasteiger charge is -2.20. The summed E-state index contributed by atoms with van der Waals surface area (Å²) in [6.07, 6.45) is 7.05. The highest BCUT2D eigenvalue weighted by Crippen LogP contribution is 2.24. The topological polar surface area (TPSA) is 73.1 Å². The van der Waals surface area contributed by atoms with Crippen LogP contribution in [0.3, 0.4) is 0 Å². The number of likely N-dealkylation sites (tertiary alicyclic amines) is 1. The van der Waals surface area contributed by atoms with E-state index in [4.69, 9.17) is 4.74 Å². The van der Waals surface area contributed by atoms with Crippen molar-refractivity contribution in [2.45, 2.75) is 37.4 Å². The number of para-hydroxylation sites is 1. The van der Waals surface area contributed by atoms with E-state index in [1.54, 1.807) is 30.6 Å². The van der Waals surface area contributed by atoms with Gasteiger partial charge in [-0.3, -0.25) is 14.3 Å². The number of ether oxygens (including phenoxy) is 1. The Morgan fingerprint density at radius 3 is 2.84 bits per heavy atom. The first-order valence-electron chi connectivity index (χ1n) is 10.3. The molecule has 0 saturated carbocycles. The molecule has 7 nitrogen and oxygen atoms in total. The standard InChI is InChI=1S/C22H24FN5O2S/c23-18-8-3-4-9-19(18)30-13-14-31-22-26-25-20(28(22)17-7-6-11-24-15-17)16-27-12-5-1-2-10-21(27)29/h3-4,6-9,11,15H,1-2,5,10,12-14,16H2. The van der Waals surface area contributed by atoms with Crippen molar-refractivity contribution in [2.75, 3.05) is 18.9 Å². The van der Waals surface area contributed by atoms with Crippen LogP contribution >= 0.6 is 11.8 Å². The number of aromatic nitrogens is 4. The molecule has 1 amide bonds. The highest BCUT2D eigenvalue weighted by Gasteiger charge is 2.22. The van der Waals surface area contributed by atoms with Crippen LogP contribution in [0.4, 0.5) is 4.39 Å². The van der Waals surface area contributed by atoms with Crippen molar-refractivity contribution in [3.63, 3.8) is 0 Å². The normalized spacial score (nSPS) is 14.5. The van der Waals surface area contributed by atoms with Gasteiger partial charge in [0.1, 0.15) is 0 Å². The summed E-state index contributed by atoms with van der Waals surface area (Å²) in [4.78, 5) is 18.5. The second kappa shape index (κ2) is 10.4. The maximum absolute atomic E-state index is 13.7. The van der Waals surface area contributed by atoms with Crippen LogP contribution in [0.1, 0.15) is 31.5 Å². The molecule has 0 radical (unpaired) electrons. The van der Waals surface area contributed by atoms with E-state index < -0.39 is 0 Å². The first kappa shape index (κ1) is 21.3. The van der Waals surface area contributed by atoms with Crippen LogP contribution in [0.2, 0.25) is 0 Å². The van der Waals surface area contributed by atoms with Crippen LogP contribution in [-0.2, 0) is 11.3 Å². The Balaban J connectivity index is 1.48. The summed E-state index contributed by atoms with van der Waals surface area (Å²) < 4.78 is 21.2. The minimum atomic E-state index is -0.379. The fraction of sp³-hybridized carbons (Fsp3) is 0.364. The molecule has 0 N–H and O–H groups in total. The molecule has 3 aromatic rings. The Labute approximate surface area is 184 Å². The van der Waals surface area contributed by atoms with Crippen molar-refractivity contribution in [2.24, 2.45) is 0 Å². The number of nitrogens with zero attached hydrogens (tertiary/aromatic N) is 5. The average molecular weight is 442 g/mol. The maximum atomic E-state index is 13.7. The molecule has 2 aromatic heterocycles. The quantitative estimate of drug-likeness (QED) is 0.390. The van der Waals surface area contributed by atoms with E-state index in [0.29, 0.717) is 36.3 Å². The fourth-order valence-electron chi connectivity index (χ4n) is 3.46. The van der Waals surface area contributed by atoms with E-state index in [0.717, 1.165) is 31.5 Å². The van der Waals surface area contributed by atoms with Gasteiger partial charge in [-0.05, 0) is 37.1 Å². The molecule has 1 aliphatic rings. The average Bonchev–Trinajstić information content (AvgIpc) is 3.08. The molecule has 1 fully saturated rings. The molecule has 0 unspecified atom stereocenters. The Hall–Kier alpha value is -2.94. The van der Waals surface area contributed by atoms with Crippen molar-refractivity contribution >= 4 is 17.7 Å². The number of thioether (sulfide) groups is 1. The highest BCUT2D eigenvalue weighted by molar-refractivity contribution is 7.99. The molecule has 4 rings (SSSR count). The molecular formula is C22H24FN5O2S. The SMILES string of the molecule is O=C1CCCCCN1Cc1nnc(SCCOc2ccccc2F)n1-c1cccnc1. The number of halogens is 1. The van der Waals surface area contributed by atoms with E-state index in [2.05, 4.69) is 15.2 Å². The second-order valence-electron chi connectivity index (χ2n) is 7.20. The van der Waals surface area contributed by atoms with E-state index in [-0.39, 0.29) is 17.5 Å². The Kier molecular flexibility index (Phi) is 7.14. The Morgan fingerprint density at radius 1 is 1.10 bits per heavy atom. The lowest BCUT2D eigenvalue weighted by atomic mass is 10.2. The van der Waals surface area contributed by atoms with Gasteiger partial charge in [0, 0.05) is 24.9 Å². The number of carbonyl (C=O) groups is 1. The number of hydrogen-bond donors (Lipinski definition) is 0. The molecular weight excluding hydrogens is 417 g/mol. The van der Waals surface area contributed by atoms with Crippen LogP contribution in [0.15, 0.2) is 53.9 Å². The molecule has 0 aliphatic carbocycles. The summed E-state index contributed by atoms with van der Waals surface area (Å²) in [5.74, 6) is 1.27.